The van der Waals surface area contributed by atoms with E-state index < -0.39 is 11.6 Å². The third-order valence-electron chi connectivity index (χ3n) is 3.99. The highest BCUT2D eigenvalue weighted by Crippen LogP contribution is 2.40. The first kappa shape index (κ1) is 13.8. The van der Waals surface area contributed by atoms with E-state index in [1.807, 2.05) is 0 Å². The molecule has 0 atom stereocenters. The van der Waals surface area contributed by atoms with Crippen molar-refractivity contribution in [3.05, 3.63) is 35.7 Å². The van der Waals surface area contributed by atoms with Crippen LogP contribution in [-0.4, -0.2) is 28.3 Å². The predicted octanol–water partition coefficient (Wildman–Crippen LogP) is 2.85. The first-order valence-corrected chi connectivity index (χ1v) is 6.88. The summed E-state index contributed by atoms with van der Waals surface area (Å²) in [5.74, 6) is -0.129. The fourth-order valence-corrected chi connectivity index (χ4v) is 2.78. The van der Waals surface area contributed by atoms with Crippen LogP contribution in [0.4, 0.5) is 0 Å². The van der Waals surface area contributed by atoms with E-state index in [2.05, 4.69) is 10.1 Å². The normalized spacial score (nSPS) is 17.0. The van der Waals surface area contributed by atoms with Crippen molar-refractivity contribution in [1.82, 2.24) is 10.1 Å². The van der Waals surface area contributed by atoms with Gasteiger partial charge < -0.3 is 14.4 Å². The van der Waals surface area contributed by atoms with Crippen molar-refractivity contribution >= 4 is 5.97 Å². The molecule has 1 aliphatic carbocycles. The molecule has 6 heteroatoms. The van der Waals surface area contributed by atoms with E-state index in [1.54, 1.807) is 19.2 Å². The number of nitrogens with zero attached hydrogens (tertiary/aromatic N) is 2. The average molecular weight is 288 g/mol. The van der Waals surface area contributed by atoms with Crippen LogP contribution < -0.4 is 0 Å². The number of rotatable bonds is 4. The van der Waals surface area contributed by atoms with Gasteiger partial charge in [-0.3, -0.25) is 0 Å². The molecule has 21 heavy (non-hydrogen) atoms. The zero-order chi connectivity index (χ0) is 14.9. The Labute approximate surface area is 121 Å². The summed E-state index contributed by atoms with van der Waals surface area (Å²) in [5, 5.41) is 13.1. The fourth-order valence-electron chi connectivity index (χ4n) is 2.78. The van der Waals surface area contributed by atoms with Crippen molar-refractivity contribution in [2.45, 2.75) is 31.3 Å². The van der Waals surface area contributed by atoms with Gasteiger partial charge in [-0.25, -0.2) is 4.79 Å². The highest BCUT2D eigenvalue weighted by Gasteiger charge is 2.40. The molecule has 0 spiro atoms. The van der Waals surface area contributed by atoms with E-state index in [1.165, 1.54) is 12.1 Å². The SMILES string of the molecule is COC1(c2noc(-c3cccc(C(=O)O)c3)n2)CCCC1. The van der Waals surface area contributed by atoms with Crippen LogP contribution in [-0.2, 0) is 10.3 Å². The summed E-state index contributed by atoms with van der Waals surface area (Å²) in [6, 6.07) is 6.45. The second-order valence-corrected chi connectivity index (χ2v) is 5.21. The van der Waals surface area contributed by atoms with Crippen molar-refractivity contribution in [1.29, 1.82) is 0 Å². The van der Waals surface area contributed by atoms with E-state index in [0.29, 0.717) is 17.3 Å². The highest BCUT2D eigenvalue weighted by molar-refractivity contribution is 5.88. The van der Waals surface area contributed by atoms with Gasteiger partial charge in [0.2, 0.25) is 5.82 Å². The van der Waals surface area contributed by atoms with E-state index >= 15 is 0 Å². The summed E-state index contributed by atoms with van der Waals surface area (Å²) in [5.41, 5.74) is 0.319. The van der Waals surface area contributed by atoms with Gasteiger partial charge in [-0.15, -0.1) is 0 Å². The zero-order valence-electron chi connectivity index (χ0n) is 11.7. The van der Waals surface area contributed by atoms with Crippen molar-refractivity contribution in [3.63, 3.8) is 0 Å². The summed E-state index contributed by atoms with van der Waals surface area (Å²) in [6.45, 7) is 0. The molecule has 6 nitrogen and oxygen atoms in total. The monoisotopic (exact) mass is 288 g/mol. The van der Waals surface area contributed by atoms with Crippen LogP contribution in [0, 0.1) is 0 Å². The van der Waals surface area contributed by atoms with Crippen molar-refractivity contribution in [3.8, 4) is 11.5 Å². The van der Waals surface area contributed by atoms with Gasteiger partial charge >= 0.3 is 5.97 Å². The molecule has 1 fully saturated rings. The molecule has 1 aliphatic rings. The van der Waals surface area contributed by atoms with E-state index in [0.717, 1.165) is 25.7 Å². The Hall–Kier alpha value is -2.21. The summed E-state index contributed by atoms with van der Waals surface area (Å²) < 4.78 is 10.9. The topological polar surface area (TPSA) is 85.5 Å². The van der Waals surface area contributed by atoms with Gasteiger partial charge in [0, 0.05) is 12.7 Å². The minimum atomic E-state index is -0.985. The molecule has 0 saturated heterocycles. The highest BCUT2D eigenvalue weighted by atomic mass is 16.5. The van der Waals surface area contributed by atoms with Crippen molar-refractivity contribution in [2.24, 2.45) is 0 Å². The van der Waals surface area contributed by atoms with Crippen LogP contribution in [0.15, 0.2) is 28.8 Å². The number of methoxy groups -OCH3 is 1. The van der Waals surface area contributed by atoms with Gasteiger partial charge in [-0.1, -0.05) is 11.2 Å². The first-order chi connectivity index (χ1) is 10.1. The molecule has 1 aromatic heterocycles. The second kappa shape index (κ2) is 5.29. The van der Waals surface area contributed by atoms with Gasteiger partial charge in [-0.05, 0) is 43.9 Å². The Bertz CT molecular complexity index is 659. The van der Waals surface area contributed by atoms with Gasteiger partial charge in [0.05, 0.1) is 5.56 Å². The molecule has 110 valence electrons. The lowest BCUT2D eigenvalue weighted by atomic mass is 10.0. The number of hydrogen-bond donors (Lipinski definition) is 1. The van der Waals surface area contributed by atoms with Crippen LogP contribution >= 0.6 is 0 Å². The molecule has 1 N–H and O–H groups in total. The fraction of sp³-hybridized carbons (Fsp3) is 0.400. The Morgan fingerprint density at radius 3 is 2.81 bits per heavy atom. The molecule has 1 aromatic carbocycles. The largest absolute Gasteiger partial charge is 0.478 e. The number of carboxylic acid groups (broad SMARTS) is 1. The molecule has 0 amide bonds. The molecule has 2 aromatic rings. The van der Waals surface area contributed by atoms with Crippen LogP contribution in [0.1, 0.15) is 41.9 Å². The van der Waals surface area contributed by atoms with E-state index in [-0.39, 0.29) is 5.56 Å². The standard InChI is InChI=1S/C15H16N2O4/c1-20-15(7-2-3-8-15)14-16-12(21-17-14)10-5-4-6-11(9-10)13(18)19/h4-6,9H,2-3,7-8H2,1H3,(H,18,19). The Kier molecular flexibility index (Phi) is 3.47. The molecular formula is C15H16N2O4. The lowest BCUT2D eigenvalue weighted by molar-refractivity contribution is -0.0178. The quantitative estimate of drug-likeness (QED) is 0.931. The summed E-state index contributed by atoms with van der Waals surface area (Å²) in [4.78, 5) is 15.4. The molecule has 1 heterocycles. The molecule has 0 bridgehead atoms. The minimum absolute atomic E-state index is 0.189. The molecule has 0 unspecified atom stereocenters. The summed E-state index contributed by atoms with van der Waals surface area (Å²) in [6.07, 6.45) is 3.90. The number of aromatic nitrogens is 2. The van der Waals surface area contributed by atoms with Crippen molar-refractivity contribution < 1.29 is 19.2 Å². The number of ether oxygens (including phenoxy) is 1. The van der Waals surface area contributed by atoms with Crippen LogP contribution in [0.25, 0.3) is 11.5 Å². The Morgan fingerprint density at radius 2 is 2.14 bits per heavy atom. The van der Waals surface area contributed by atoms with Crippen LogP contribution in [0.2, 0.25) is 0 Å². The lowest BCUT2D eigenvalue weighted by Gasteiger charge is -2.22. The maximum absolute atomic E-state index is 11.0. The van der Waals surface area contributed by atoms with Crippen molar-refractivity contribution in [2.75, 3.05) is 7.11 Å². The number of carbonyl (C=O) groups is 1. The smallest absolute Gasteiger partial charge is 0.335 e. The number of benzene rings is 1. The summed E-state index contributed by atoms with van der Waals surface area (Å²) >= 11 is 0. The van der Waals surface area contributed by atoms with Crippen LogP contribution in [0.3, 0.4) is 0 Å². The van der Waals surface area contributed by atoms with E-state index in [4.69, 9.17) is 14.4 Å². The maximum atomic E-state index is 11.0. The van der Waals surface area contributed by atoms with Crippen LogP contribution in [0.5, 0.6) is 0 Å². The third kappa shape index (κ3) is 2.42. The number of aromatic carboxylic acids is 1. The third-order valence-corrected chi connectivity index (χ3v) is 3.99. The average Bonchev–Trinajstić information content (AvgIpc) is 3.17. The summed E-state index contributed by atoms with van der Waals surface area (Å²) in [7, 11) is 1.66. The van der Waals surface area contributed by atoms with Gasteiger partial charge in [-0.2, -0.15) is 4.98 Å². The van der Waals surface area contributed by atoms with Gasteiger partial charge in [0.25, 0.3) is 5.89 Å². The molecule has 0 aliphatic heterocycles. The van der Waals surface area contributed by atoms with Gasteiger partial charge in [0.1, 0.15) is 5.60 Å². The maximum Gasteiger partial charge on any atom is 0.335 e. The molecular weight excluding hydrogens is 272 g/mol. The molecule has 3 rings (SSSR count). The minimum Gasteiger partial charge on any atom is -0.478 e. The van der Waals surface area contributed by atoms with E-state index in [9.17, 15) is 4.79 Å². The Morgan fingerprint density at radius 1 is 1.38 bits per heavy atom. The first-order valence-electron chi connectivity index (χ1n) is 6.88. The second-order valence-electron chi connectivity index (χ2n) is 5.21. The molecule has 0 radical (unpaired) electrons. The number of carboxylic acids is 1. The van der Waals surface area contributed by atoms with Gasteiger partial charge in [0.15, 0.2) is 0 Å². The molecule has 1 saturated carbocycles. The Balaban J connectivity index is 1.95. The lowest BCUT2D eigenvalue weighted by Crippen LogP contribution is -2.25. The predicted molar refractivity (Wildman–Crippen MR) is 73.8 cm³/mol. The zero-order valence-corrected chi connectivity index (χ0v) is 11.7. The number of hydrogen-bond acceptors (Lipinski definition) is 5.